The lowest BCUT2D eigenvalue weighted by Crippen LogP contribution is -2.64. The van der Waals surface area contributed by atoms with Crippen LogP contribution in [0.5, 0.6) is 0 Å². The minimum absolute atomic E-state index is 0.212. The van der Waals surface area contributed by atoms with Gasteiger partial charge in [0, 0.05) is 18.4 Å². The molecule has 0 N–H and O–H groups in total. The molecule has 2 unspecified atom stereocenters. The van der Waals surface area contributed by atoms with E-state index in [0.29, 0.717) is 5.96 Å². The van der Waals surface area contributed by atoms with Gasteiger partial charge in [-0.15, -0.1) is 0 Å². The molecular formula is C25H27N5O2. The highest BCUT2D eigenvalue weighted by atomic mass is 16.2. The van der Waals surface area contributed by atoms with Crippen LogP contribution in [0.15, 0.2) is 64.9 Å². The summed E-state index contributed by atoms with van der Waals surface area (Å²) < 4.78 is 0. The summed E-state index contributed by atoms with van der Waals surface area (Å²) in [6.07, 6.45) is -0.548. The summed E-state index contributed by atoms with van der Waals surface area (Å²) in [5, 5.41) is 0. The monoisotopic (exact) mass is 429 g/mol. The van der Waals surface area contributed by atoms with Gasteiger partial charge in [-0.1, -0.05) is 42.5 Å². The number of benzene rings is 2. The van der Waals surface area contributed by atoms with Crippen molar-refractivity contribution < 1.29 is 9.59 Å². The van der Waals surface area contributed by atoms with Crippen LogP contribution >= 0.6 is 0 Å². The molecule has 2 aromatic carbocycles. The van der Waals surface area contributed by atoms with Crippen LogP contribution < -0.4 is 4.90 Å². The molecule has 3 aliphatic heterocycles. The highest BCUT2D eigenvalue weighted by Crippen LogP contribution is 2.41. The van der Waals surface area contributed by atoms with E-state index in [-0.39, 0.29) is 18.5 Å². The van der Waals surface area contributed by atoms with Gasteiger partial charge in [0.05, 0.1) is 12.2 Å². The molecule has 1 saturated heterocycles. The third-order valence-corrected chi connectivity index (χ3v) is 6.68. The summed E-state index contributed by atoms with van der Waals surface area (Å²) in [5.74, 6) is 0.494. The minimum atomic E-state index is -0.568. The van der Waals surface area contributed by atoms with E-state index < -0.39 is 12.2 Å². The van der Waals surface area contributed by atoms with Crippen molar-refractivity contribution in [2.45, 2.75) is 46.4 Å². The summed E-state index contributed by atoms with van der Waals surface area (Å²) in [5.41, 5.74) is 6.27. The Balaban J connectivity index is 1.54. The van der Waals surface area contributed by atoms with E-state index in [1.807, 2.05) is 42.2 Å². The zero-order valence-corrected chi connectivity index (χ0v) is 19.0. The molecule has 164 valence electrons. The lowest BCUT2D eigenvalue weighted by atomic mass is 10.1. The van der Waals surface area contributed by atoms with Gasteiger partial charge < -0.3 is 4.90 Å². The van der Waals surface area contributed by atoms with Crippen molar-refractivity contribution in [1.82, 2.24) is 14.7 Å². The number of hydrogen-bond acceptors (Lipinski definition) is 5. The molecule has 3 aliphatic rings. The number of imide groups is 1. The van der Waals surface area contributed by atoms with Crippen LogP contribution in [0, 0.1) is 13.8 Å². The van der Waals surface area contributed by atoms with Gasteiger partial charge in [0.1, 0.15) is 0 Å². The Bertz CT molecular complexity index is 1190. The van der Waals surface area contributed by atoms with Crippen LogP contribution in [0.25, 0.3) is 0 Å². The maximum atomic E-state index is 13.6. The molecule has 3 heterocycles. The lowest BCUT2D eigenvalue weighted by Gasteiger charge is -2.40. The first-order valence-corrected chi connectivity index (χ1v) is 10.8. The van der Waals surface area contributed by atoms with E-state index in [0.717, 1.165) is 33.8 Å². The number of allylic oxidation sites excluding steroid dienone is 2. The number of amides is 3. The average Bonchev–Trinajstić information content (AvgIpc) is 3.28. The van der Waals surface area contributed by atoms with Crippen LogP contribution in [0.4, 0.5) is 10.5 Å². The summed E-state index contributed by atoms with van der Waals surface area (Å²) >= 11 is 0. The Kier molecular flexibility index (Phi) is 4.58. The highest BCUT2D eigenvalue weighted by Gasteiger charge is 2.56. The fourth-order valence-electron chi connectivity index (χ4n) is 4.77. The van der Waals surface area contributed by atoms with Gasteiger partial charge in [-0.3, -0.25) is 19.5 Å². The molecule has 1 fully saturated rings. The molecule has 5 rings (SSSR count). The number of carbonyl (C=O) groups excluding carboxylic acids is 2. The molecule has 7 heteroatoms. The first kappa shape index (κ1) is 20.3. The van der Waals surface area contributed by atoms with Crippen LogP contribution in [0.1, 0.15) is 30.5 Å². The topological polar surface area (TPSA) is 59.5 Å². The van der Waals surface area contributed by atoms with Crippen molar-refractivity contribution in [3.05, 3.63) is 76.6 Å². The number of fused-ring (bicyclic) bond motifs is 3. The Morgan fingerprint density at radius 1 is 0.938 bits per heavy atom. The molecule has 32 heavy (non-hydrogen) atoms. The Hall–Kier alpha value is -3.61. The second-order valence-corrected chi connectivity index (χ2v) is 8.76. The van der Waals surface area contributed by atoms with Crippen molar-refractivity contribution in [2.75, 3.05) is 11.9 Å². The number of nitrogens with zero attached hydrogens (tertiary/aromatic N) is 5. The molecule has 2 atom stereocenters. The van der Waals surface area contributed by atoms with Crippen LogP contribution in [-0.2, 0) is 11.3 Å². The van der Waals surface area contributed by atoms with E-state index in [2.05, 4.69) is 43.9 Å². The molecule has 0 saturated carbocycles. The fraction of sp³-hybridized carbons (Fsp3) is 0.320. The van der Waals surface area contributed by atoms with Crippen LogP contribution in [0.2, 0.25) is 0 Å². The van der Waals surface area contributed by atoms with Crippen molar-refractivity contribution in [2.24, 2.45) is 4.99 Å². The predicted octanol–water partition coefficient (Wildman–Crippen LogP) is 3.84. The molecule has 2 aromatic rings. The van der Waals surface area contributed by atoms with Crippen LogP contribution in [0.3, 0.4) is 0 Å². The van der Waals surface area contributed by atoms with Crippen LogP contribution in [-0.4, -0.2) is 51.9 Å². The Morgan fingerprint density at radius 3 is 2.38 bits per heavy atom. The van der Waals surface area contributed by atoms with Gasteiger partial charge in [-0.2, -0.15) is 0 Å². The Morgan fingerprint density at radius 2 is 1.66 bits per heavy atom. The van der Waals surface area contributed by atoms with Gasteiger partial charge in [0.2, 0.25) is 5.96 Å². The lowest BCUT2D eigenvalue weighted by molar-refractivity contribution is -0.137. The third kappa shape index (κ3) is 2.84. The first-order chi connectivity index (χ1) is 15.3. The number of aliphatic imine (C=N–C) groups is 1. The van der Waals surface area contributed by atoms with E-state index >= 15 is 0 Å². The maximum Gasteiger partial charge on any atom is 0.328 e. The number of anilines is 1. The number of aryl methyl sites for hydroxylation is 2. The zero-order chi connectivity index (χ0) is 22.7. The third-order valence-electron chi connectivity index (χ3n) is 6.68. The number of guanidine groups is 1. The van der Waals surface area contributed by atoms with Crippen molar-refractivity contribution in [1.29, 1.82) is 0 Å². The number of urea groups is 1. The predicted molar refractivity (Wildman–Crippen MR) is 124 cm³/mol. The fourth-order valence-corrected chi connectivity index (χ4v) is 4.77. The average molecular weight is 430 g/mol. The number of hydrogen-bond donors (Lipinski definition) is 0. The van der Waals surface area contributed by atoms with Crippen molar-refractivity contribution in [3.8, 4) is 0 Å². The number of likely N-dealkylation sites (N-methyl/N-ethyl adjacent to an activating group) is 1. The molecule has 0 bridgehead atoms. The molecule has 0 spiro atoms. The minimum Gasteiger partial charge on any atom is -0.302 e. The smallest absolute Gasteiger partial charge is 0.302 e. The van der Waals surface area contributed by atoms with Gasteiger partial charge in [0.15, 0.2) is 12.2 Å². The maximum absolute atomic E-state index is 13.6. The standard InChI is InChI=1S/C25H27N5O2/c1-15-11-12-16(2)20(13-15)29-17(3)18(4)30-21-22(26-24(29)30)27(5)25(32)28(23(21)31)14-19-9-7-6-8-10-19/h6-13,21-22H,14H2,1-5H3. The Labute approximate surface area is 188 Å². The molecule has 0 aliphatic carbocycles. The van der Waals surface area contributed by atoms with Gasteiger partial charge in [-0.05, 0) is 50.5 Å². The molecule has 7 nitrogen and oxygen atoms in total. The van der Waals surface area contributed by atoms with E-state index in [1.165, 1.54) is 4.90 Å². The van der Waals surface area contributed by atoms with Crippen molar-refractivity contribution >= 4 is 23.6 Å². The number of rotatable bonds is 3. The number of carbonyl (C=O) groups is 2. The van der Waals surface area contributed by atoms with Gasteiger partial charge in [-0.25, -0.2) is 9.79 Å². The van der Waals surface area contributed by atoms with Crippen molar-refractivity contribution in [3.63, 3.8) is 0 Å². The van der Waals surface area contributed by atoms with Gasteiger partial charge >= 0.3 is 6.03 Å². The quantitative estimate of drug-likeness (QED) is 0.744. The second-order valence-electron chi connectivity index (χ2n) is 8.76. The van der Waals surface area contributed by atoms with E-state index in [4.69, 9.17) is 4.99 Å². The zero-order valence-electron chi connectivity index (χ0n) is 19.0. The van der Waals surface area contributed by atoms with E-state index in [1.54, 1.807) is 11.9 Å². The second kappa shape index (κ2) is 7.22. The summed E-state index contributed by atoms with van der Waals surface area (Å²) in [7, 11) is 1.73. The molecular weight excluding hydrogens is 402 g/mol. The first-order valence-electron chi connectivity index (χ1n) is 10.8. The largest absolute Gasteiger partial charge is 0.328 e. The SMILES string of the molecule is CC1=C(C)N2C(=NC3C2C(=O)N(Cc2ccccc2)C(=O)N3C)N1c1cc(C)ccc1C. The highest BCUT2D eigenvalue weighted by molar-refractivity contribution is 6.10. The molecule has 0 radical (unpaired) electrons. The summed E-state index contributed by atoms with van der Waals surface area (Å²) in [6, 6.07) is 15.0. The summed E-state index contributed by atoms with van der Waals surface area (Å²) in [4.78, 5) is 38.7. The normalized spacial score (nSPS) is 22.6. The van der Waals surface area contributed by atoms with Gasteiger partial charge in [0.25, 0.3) is 5.91 Å². The van der Waals surface area contributed by atoms with E-state index in [9.17, 15) is 9.59 Å². The summed E-state index contributed by atoms with van der Waals surface area (Å²) in [6.45, 7) is 8.46. The molecule has 0 aromatic heterocycles. The molecule has 3 amide bonds.